The Morgan fingerprint density at radius 3 is 2.48 bits per heavy atom. The molecule has 1 aromatic rings. The number of hydrogen-bond acceptors (Lipinski definition) is 5. The number of aromatic nitrogens is 1. The number of nitrogens with one attached hydrogen (secondary N) is 1. The van der Waals surface area contributed by atoms with Crippen LogP contribution in [-0.4, -0.2) is 53.3 Å². The Morgan fingerprint density at radius 2 is 2.00 bits per heavy atom. The Hall–Kier alpha value is -2.15. The summed E-state index contributed by atoms with van der Waals surface area (Å²) in [5, 5.41) is 11.9. The molecule has 0 bridgehead atoms. The summed E-state index contributed by atoms with van der Waals surface area (Å²) >= 11 is 0. The molecular formula is C18H27N3O4. The summed E-state index contributed by atoms with van der Waals surface area (Å²) in [6, 6.07) is 2.56. The molecule has 7 heteroatoms. The molecule has 1 saturated heterocycles. The van der Waals surface area contributed by atoms with Gasteiger partial charge < -0.3 is 20.1 Å². The van der Waals surface area contributed by atoms with E-state index in [1.165, 1.54) is 6.20 Å². The fourth-order valence-electron chi connectivity index (χ4n) is 2.98. The van der Waals surface area contributed by atoms with Crippen molar-refractivity contribution in [3.05, 3.63) is 23.9 Å². The highest BCUT2D eigenvalue weighted by molar-refractivity contribution is 5.96. The normalized spacial score (nSPS) is 23.0. The second-order valence-electron chi connectivity index (χ2n) is 6.74. The molecule has 1 aliphatic rings. The van der Waals surface area contributed by atoms with Crippen molar-refractivity contribution in [1.82, 2.24) is 10.3 Å². The molecule has 2 N–H and O–H groups in total. The summed E-state index contributed by atoms with van der Waals surface area (Å²) in [4.78, 5) is 30.2. The topological polar surface area (TPSA) is 91.8 Å². The molecule has 0 aliphatic carbocycles. The largest absolute Gasteiger partial charge is 0.480 e. The third-order valence-corrected chi connectivity index (χ3v) is 4.52. The van der Waals surface area contributed by atoms with E-state index in [1.807, 2.05) is 20.8 Å². The van der Waals surface area contributed by atoms with Gasteiger partial charge in [0.1, 0.15) is 11.9 Å². The van der Waals surface area contributed by atoms with Gasteiger partial charge in [-0.2, -0.15) is 0 Å². The van der Waals surface area contributed by atoms with Crippen LogP contribution in [0.4, 0.5) is 5.82 Å². The quantitative estimate of drug-likeness (QED) is 0.815. The van der Waals surface area contributed by atoms with Gasteiger partial charge in [0.25, 0.3) is 5.91 Å². The maximum atomic E-state index is 12.3. The monoisotopic (exact) mass is 349 g/mol. The second-order valence-corrected chi connectivity index (χ2v) is 6.74. The van der Waals surface area contributed by atoms with Crippen LogP contribution in [0.2, 0.25) is 0 Å². The van der Waals surface area contributed by atoms with Gasteiger partial charge in [-0.15, -0.1) is 0 Å². The van der Waals surface area contributed by atoms with Crippen LogP contribution >= 0.6 is 0 Å². The van der Waals surface area contributed by atoms with Crippen molar-refractivity contribution < 1.29 is 19.4 Å². The van der Waals surface area contributed by atoms with Crippen LogP contribution < -0.4 is 10.2 Å². The van der Waals surface area contributed by atoms with Gasteiger partial charge in [-0.3, -0.25) is 4.79 Å². The fraction of sp³-hybridized carbons (Fsp3) is 0.611. The highest BCUT2D eigenvalue weighted by atomic mass is 16.5. The number of nitrogens with zero attached hydrogens (tertiary/aromatic N) is 2. The average molecular weight is 349 g/mol. The van der Waals surface area contributed by atoms with Gasteiger partial charge in [0.15, 0.2) is 0 Å². The standard InChI is InChI=1S/C18H27N3O4/c1-5-11(2)16(18(23)24)20-17(22)14-6-7-15(19-8-14)21-9-12(3)25-13(4)10-21/h6-8,11-13,16H,5,9-10H2,1-4H3,(H,20,22)(H,23,24)/t11-,12?,13?,16-/m0/s1. The molecule has 1 fully saturated rings. The van der Waals surface area contributed by atoms with E-state index in [2.05, 4.69) is 15.2 Å². The van der Waals surface area contributed by atoms with Crippen LogP contribution in [0.1, 0.15) is 44.5 Å². The van der Waals surface area contributed by atoms with E-state index >= 15 is 0 Å². The molecule has 7 nitrogen and oxygen atoms in total. The average Bonchev–Trinajstić information content (AvgIpc) is 2.57. The van der Waals surface area contributed by atoms with Crippen LogP contribution in [-0.2, 0) is 9.53 Å². The minimum atomic E-state index is -1.02. The molecule has 25 heavy (non-hydrogen) atoms. The maximum Gasteiger partial charge on any atom is 0.326 e. The Balaban J connectivity index is 2.06. The van der Waals surface area contributed by atoms with E-state index in [0.29, 0.717) is 12.0 Å². The smallest absolute Gasteiger partial charge is 0.326 e. The zero-order chi connectivity index (χ0) is 18.6. The Labute approximate surface area is 148 Å². The van der Waals surface area contributed by atoms with Crippen molar-refractivity contribution in [3.8, 4) is 0 Å². The Bertz CT molecular complexity index is 595. The number of carboxylic acids is 1. The van der Waals surface area contributed by atoms with Gasteiger partial charge >= 0.3 is 5.97 Å². The summed E-state index contributed by atoms with van der Waals surface area (Å²) in [6.45, 7) is 9.24. The van der Waals surface area contributed by atoms with Crippen molar-refractivity contribution in [2.75, 3.05) is 18.0 Å². The number of rotatable bonds is 6. The first-order valence-corrected chi connectivity index (χ1v) is 8.72. The zero-order valence-corrected chi connectivity index (χ0v) is 15.2. The van der Waals surface area contributed by atoms with Crippen LogP contribution in [0.3, 0.4) is 0 Å². The van der Waals surface area contributed by atoms with E-state index in [9.17, 15) is 14.7 Å². The molecule has 1 amide bonds. The van der Waals surface area contributed by atoms with Crippen molar-refractivity contribution >= 4 is 17.7 Å². The molecule has 2 rings (SSSR count). The minimum Gasteiger partial charge on any atom is -0.480 e. The minimum absolute atomic E-state index is 0.125. The second kappa shape index (κ2) is 8.29. The first-order valence-electron chi connectivity index (χ1n) is 8.72. The van der Waals surface area contributed by atoms with E-state index in [1.54, 1.807) is 19.1 Å². The molecule has 0 aromatic carbocycles. The fourth-order valence-corrected chi connectivity index (χ4v) is 2.98. The first kappa shape index (κ1) is 19.2. The Morgan fingerprint density at radius 1 is 1.36 bits per heavy atom. The van der Waals surface area contributed by atoms with Crippen molar-refractivity contribution in [1.29, 1.82) is 0 Å². The third kappa shape index (κ3) is 4.92. The predicted molar refractivity (Wildman–Crippen MR) is 94.8 cm³/mol. The number of carbonyl (C=O) groups is 2. The van der Waals surface area contributed by atoms with Gasteiger partial charge in [-0.25, -0.2) is 9.78 Å². The van der Waals surface area contributed by atoms with Gasteiger partial charge in [0, 0.05) is 19.3 Å². The van der Waals surface area contributed by atoms with Gasteiger partial charge in [0.05, 0.1) is 17.8 Å². The van der Waals surface area contributed by atoms with Gasteiger partial charge in [0.2, 0.25) is 0 Å². The third-order valence-electron chi connectivity index (χ3n) is 4.52. The van der Waals surface area contributed by atoms with E-state index in [-0.39, 0.29) is 18.1 Å². The molecule has 0 saturated carbocycles. The van der Waals surface area contributed by atoms with Gasteiger partial charge in [-0.1, -0.05) is 20.3 Å². The molecular weight excluding hydrogens is 322 g/mol. The lowest BCUT2D eigenvalue weighted by atomic mass is 9.99. The van der Waals surface area contributed by atoms with Gasteiger partial charge in [-0.05, 0) is 31.9 Å². The first-order chi connectivity index (χ1) is 11.8. The number of carboxylic acid groups (broad SMARTS) is 1. The predicted octanol–water partition coefficient (Wildman–Crippen LogP) is 1.92. The number of amides is 1. The zero-order valence-electron chi connectivity index (χ0n) is 15.2. The van der Waals surface area contributed by atoms with E-state index in [4.69, 9.17) is 4.74 Å². The summed E-state index contributed by atoms with van der Waals surface area (Å²) in [7, 11) is 0. The number of morpholine rings is 1. The van der Waals surface area contributed by atoms with Crippen LogP contribution in [0.15, 0.2) is 18.3 Å². The highest BCUT2D eigenvalue weighted by Crippen LogP contribution is 2.18. The summed E-state index contributed by atoms with van der Waals surface area (Å²) in [6.07, 6.45) is 2.41. The highest BCUT2D eigenvalue weighted by Gasteiger charge is 2.26. The van der Waals surface area contributed by atoms with E-state index in [0.717, 1.165) is 18.9 Å². The summed E-state index contributed by atoms with van der Waals surface area (Å²) in [5.41, 5.74) is 0.354. The SMILES string of the molecule is CC[C@H](C)[C@H](NC(=O)c1ccc(N2CC(C)OC(C)C2)nc1)C(=O)O. The van der Waals surface area contributed by atoms with Crippen LogP contribution in [0.25, 0.3) is 0 Å². The molecule has 0 spiro atoms. The number of aliphatic carboxylic acids is 1. The maximum absolute atomic E-state index is 12.3. The number of carbonyl (C=O) groups excluding carboxylic acids is 1. The number of hydrogen-bond donors (Lipinski definition) is 2. The summed E-state index contributed by atoms with van der Waals surface area (Å²) < 4.78 is 5.71. The lowest BCUT2D eigenvalue weighted by Gasteiger charge is -2.36. The van der Waals surface area contributed by atoms with Crippen LogP contribution in [0, 0.1) is 5.92 Å². The Kier molecular flexibility index (Phi) is 6.36. The van der Waals surface area contributed by atoms with Crippen molar-refractivity contribution in [3.63, 3.8) is 0 Å². The van der Waals surface area contributed by atoms with E-state index < -0.39 is 17.9 Å². The molecule has 2 heterocycles. The van der Waals surface area contributed by atoms with Crippen molar-refractivity contribution in [2.45, 2.75) is 52.4 Å². The molecule has 138 valence electrons. The molecule has 1 aromatic heterocycles. The lowest BCUT2D eigenvalue weighted by Crippen LogP contribution is -2.46. The lowest BCUT2D eigenvalue weighted by molar-refractivity contribution is -0.140. The summed E-state index contributed by atoms with van der Waals surface area (Å²) in [5.74, 6) is -0.806. The molecule has 2 unspecified atom stereocenters. The molecule has 4 atom stereocenters. The number of pyridine rings is 1. The van der Waals surface area contributed by atoms with Crippen molar-refractivity contribution in [2.24, 2.45) is 5.92 Å². The number of ether oxygens (including phenoxy) is 1. The van der Waals surface area contributed by atoms with Crippen LogP contribution in [0.5, 0.6) is 0 Å². The molecule has 0 radical (unpaired) electrons. The number of anilines is 1. The molecule has 1 aliphatic heterocycles.